The van der Waals surface area contributed by atoms with Crippen molar-refractivity contribution in [3.05, 3.63) is 23.8 Å². The minimum Gasteiger partial charge on any atom is -0.371 e. The summed E-state index contributed by atoms with van der Waals surface area (Å²) < 4.78 is 40.7. The number of hydrogen-bond acceptors (Lipinski definition) is 4. The van der Waals surface area contributed by atoms with Gasteiger partial charge in [0.25, 0.3) is 5.91 Å². The highest BCUT2D eigenvalue weighted by atomic mass is 19.4. The van der Waals surface area contributed by atoms with Crippen LogP contribution in [0.5, 0.6) is 0 Å². The first-order chi connectivity index (χ1) is 14.8. The van der Waals surface area contributed by atoms with Crippen molar-refractivity contribution in [1.82, 2.24) is 10.2 Å². The highest BCUT2D eigenvalue weighted by Crippen LogP contribution is 2.34. The van der Waals surface area contributed by atoms with E-state index < -0.39 is 18.1 Å². The fourth-order valence-corrected chi connectivity index (χ4v) is 4.35. The van der Waals surface area contributed by atoms with Crippen LogP contribution in [0.1, 0.15) is 48.9 Å². The zero-order chi connectivity index (χ0) is 22.0. The van der Waals surface area contributed by atoms with E-state index in [-0.39, 0.29) is 30.5 Å². The van der Waals surface area contributed by atoms with E-state index in [9.17, 15) is 22.8 Å². The second-order valence-electron chi connectivity index (χ2n) is 8.66. The molecule has 0 aromatic heterocycles. The van der Waals surface area contributed by atoms with Crippen LogP contribution in [0.2, 0.25) is 0 Å². The molecule has 2 amide bonds. The number of rotatable bonds is 4. The average Bonchev–Trinajstić information content (AvgIpc) is 3.60. The third-order valence-corrected chi connectivity index (χ3v) is 6.27. The summed E-state index contributed by atoms with van der Waals surface area (Å²) in [7, 11) is 0. The smallest absolute Gasteiger partial charge is 0.371 e. The average molecular weight is 438 g/mol. The molecule has 3 fully saturated rings. The molecule has 0 spiro atoms. The summed E-state index contributed by atoms with van der Waals surface area (Å²) in [5.74, 6) is -0.611. The highest BCUT2D eigenvalue weighted by molar-refractivity contribution is 6.02. The number of benzene rings is 1. The van der Waals surface area contributed by atoms with Crippen molar-refractivity contribution in [1.29, 1.82) is 0 Å². The molecule has 31 heavy (non-hydrogen) atoms. The number of hydrogen-bond donors (Lipinski definition) is 2. The lowest BCUT2D eigenvalue weighted by Crippen LogP contribution is -2.59. The molecule has 3 aliphatic rings. The Balaban J connectivity index is 1.65. The SMILES string of the molecule is O=C(Nc1ccc(C(=O)N2CCNCC2C(F)(F)F)c(N2CCCCCC2)c1)C1CC1. The Morgan fingerprint density at radius 3 is 2.39 bits per heavy atom. The Hall–Kier alpha value is -2.29. The molecule has 0 radical (unpaired) electrons. The predicted octanol–water partition coefficient (Wildman–Crippen LogP) is 3.39. The summed E-state index contributed by atoms with van der Waals surface area (Å²) in [6.07, 6.45) is 1.37. The number of amides is 2. The van der Waals surface area contributed by atoms with Crippen molar-refractivity contribution in [2.24, 2.45) is 5.92 Å². The normalized spacial score (nSPS) is 22.7. The molecule has 1 aromatic carbocycles. The van der Waals surface area contributed by atoms with Crippen LogP contribution in [0.4, 0.5) is 24.5 Å². The van der Waals surface area contributed by atoms with Crippen LogP contribution in [0, 0.1) is 5.92 Å². The van der Waals surface area contributed by atoms with Gasteiger partial charge in [-0.1, -0.05) is 12.8 Å². The van der Waals surface area contributed by atoms with Crippen molar-refractivity contribution < 1.29 is 22.8 Å². The van der Waals surface area contributed by atoms with Gasteiger partial charge in [-0.15, -0.1) is 0 Å². The molecule has 1 aliphatic carbocycles. The number of halogens is 3. The number of carbonyl (C=O) groups is 2. The number of nitrogens with one attached hydrogen (secondary N) is 2. The van der Waals surface area contributed by atoms with Gasteiger partial charge in [-0.05, 0) is 43.9 Å². The van der Waals surface area contributed by atoms with Gasteiger partial charge < -0.3 is 20.4 Å². The first-order valence-corrected chi connectivity index (χ1v) is 11.1. The van der Waals surface area contributed by atoms with Gasteiger partial charge in [-0.25, -0.2) is 0 Å². The van der Waals surface area contributed by atoms with Crippen LogP contribution in [-0.4, -0.2) is 61.7 Å². The highest BCUT2D eigenvalue weighted by Gasteiger charge is 2.47. The topological polar surface area (TPSA) is 64.7 Å². The molecular weight excluding hydrogens is 409 g/mol. The van der Waals surface area contributed by atoms with Crippen molar-refractivity contribution in [2.75, 3.05) is 42.9 Å². The molecule has 2 aliphatic heterocycles. The molecule has 170 valence electrons. The Kier molecular flexibility index (Phi) is 6.41. The lowest BCUT2D eigenvalue weighted by atomic mass is 10.1. The fourth-order valence-electron chi connectivity index (χ4n) is 4.35. The van der Waals surface area contributed by atoms with E-state index in [2.05, 4.69) is 15.5 Å². The zero-order valence-electron chi connectivity index (χ0n) is 17.5. The second kappa shape index (κ2) is 9.06. The molecule has 4 rings (SSSR count). The van der Waals surface area contributed by atoms with Crippen LogP contribution in [0.15, 0.2) is 18.2 Å². The Labute approximate surface area is 180 Å². The summed E-state index contributed by atoms with van der Waals surface area (Å²) in [5, 5.41) is 5.64. The Morgan fingerprint density at radius 2 is 1.74 bits per heavy atom. The first kappa shape index (κ1) is 21.9. The number of carbonyl (C=O) groups excluding carboxylic acids is 2. The maximum absolute atomic E-state index is 13.6. The summed E-state index contributed by atoms with van der Waals surface area (Å²) in [6.45, 7) is 1.51. The number of piperazine rings is 1. The lowest BCUT2D eigenvalue weighted by molar-refractivity contribution is -0.179. The van der Waals surface area contributed by atoms with Crippen molar-refractivity contribution in [2.45, 2.75) is 50.7 Å². The number of anilines is 2. The third kappa shape index (κ3) is 5.14. The van der Waals surface area contributed by atoms with Crippen LogP contribution in [0.3, 0.4) is 0 Å². The van der Waals surface area contributed by atoms with E-state index in [1.165, 1.54) is 0 Å². The molecule has 9 heteroatoms. The van der Waals surface area contributed by atoms with Gasteiger partial charge >= 0.3 is 6.18 Å². The molecule has 0 bridgehead atoms. The summed E-state index contributed by atoms with van der Waals surface area (Å²) in [6, 6.07) is 3.10. The van der Waals surface area contributed by atoms with Crippen LogP contribution < -0.4 is 15.5 Å². The summed E-state index contributed by atoms with van der Waals surface area (Å²) >= 11 is 0. The van der Waals surface area contributed by atoms with Gasteiger partial charge in [-0.3, -0.25) is 9.59 Å². The van der Waals surface area contributed by atoms with Gasteiger partial charge in [0.05, 0.1) is 11.3 Å². The minimum absolute atomic E-state index is 0.00260. The standard InChI is InChI=1S/C22H29F3N4O2/c23-22(24,25)19-14-26-9-12-29(19)21(31)17-8-7-16(27-20(30)15-5-6-15)13-18(17)28-10-3-1-2-4-11-28/h7-8,13,15,19,26H,1-6,9-12,14H2,(H,27,30). The zero-order valence-corrected chi connectivity index (χ0v) is 17.5. The van der Waals surface area contributed by atoms with Crippen LogP contribution >= 0.6 is 0 Å². The molecule has 1 unspecified atom stereocenters. The van der Waals surface area contributed by atoms with Crippen LogP contribution in [0.25, 0.3) is 0 Å². The second-order valence-corrected chi connectivity index (χ2v) is 8.66. The van der Waals surface area contributed by atoms with E-state index in [0.29, 0.717) is 17.9 Å². The maximum atomic E-state index is 13.6. The number of nitrogens with zero attached hydrogens (tertiary/aromatic N) is 2. The molecule has 2 heterocycles. The molecule has 1 aromatic rings. The Morgan fingerprint density at radius 1 is 1.03 bits per heavy atom. The third-order valence-electron chi connectivity index (χ3n) is 6.27. The van der Waals surface area contributed by atoms with E-state index in [0.717, 1.165) is 56.5 Å². The van der Waals surface area contributed by atoms with Crippen molar-refractivity contribution >= 4 is 23.2 Å². The number of alkyl halides is 3. The molecule has 1 atom stereocenters. The minimum atomic E-state index is -4.50. The van der Waals surface area contributed by atoms with Gasteiger partial charge in [0.1, 0.15) is 6.04 Å². The van der Waals surface area contributed by atoms with Gasteiger partial charge in [-0.2, -0.15) is 13.2 Å². The Bertz CT molecular complexity index is 817. The molecule has 1 saturated carbocycles. The first-order valence-electron chi connectivity index (χ1n) is 11.1. The molecule has 2 N–H and O–H groups in total. The fraction of sp³-hybridized carbons (Fsp3) is 0.636. The lowest BCUT2D eigenvalue weighted by Gasteiger charge is -2.38. The molecule has 6 nitrogen and oxygen atoms in total. The van der Waals surface area contributed by atoms with E-state index in [1.54, 1.807) is 18.2 Å². The molecule has 2 saturated heterocycles. The quantitative estimate of drug-likeness (QED) is 0.757. The van der Waals surface area contributed by atoms with Gasteiger partial charge in [0, 0.05) is 44.3 Å². The van der Waals surface area contributed by atoms with Gasteiger partial charge in [0.15, 0.2) is 0 Å². The maximum Gasteiger partial charge on any atom is 0.410 e. The molecular formula is C22H29F3N4O2. The van der Waals surface area contributed by atoms with Crippen molar-refractivity contribution in [3.8, 4) is 0 Å². The summed E-state index contributed by atoms with van der Waals surface area (Å²) in [5.41, 5.74) is 1.46. The van der Waals surface area contributed by atoms with E-state index in [1.807, 2.05) is 0 Å². The predicted molar refractivity (Wildman–Crippen MR) is 112 cm³/mol. The van der Waals surface area contributed by atoms with Gasteiger partial charge in [0.2, 0.25) is 5.91 Å². The largest absolute Gasteiger partial charge is 0.410 e. The summed E-state index contributed by atoms with van der Waals surface area (Å²) in [4.78, 5) is 28.6. The van der Waals surface area contributed by atoms with E-state index in [4.69, 9.17) is 0 Å². The van der Waals surface area contributed by atoms with E-state index >= 15 is 0 Å². The monoisotopic (exact) mass is 438 g/mol. The van der Waals surface area contributed by atoms with Crippen LogP contribution in [-0.2, 0) is 4.79 Å². The van der Waals surface area contributed by atoms with Crippen molar-refractivity contribution in [3.63, 3.8) is 0 Å².